The van der Waals surface area contributed by atoms with Gasteiger partial charge in [-0.3, -0.25) is 0 Å². The fourth-order valence-electron chi connectivity index (χ4n) is 3.23. The highest BCUT2D eigenvalue weighted by Gasteiger charge is 2.38. The van der Waals surface area contributed by atoms with Gasteiger partial charge in [0.25, 0.3) is 0 Å². The van der Waals surface area contributed by atoms with Gasteiger partial charge in [-0.2, -0.15) is 0 Å². The molecule has 0 amide bonds. The molecular formula is C15H21BrClN. The van der Waals surface area contributed by atoms with Crippen molar-refractivity contribution in [2.24, 2.45) is 17.1 Å². The number of hydrogen-bond donors (Lipinski definition) is 1. The van der Waals surface area contributed by atoms with E-state index in [4.69, 9.17) is 17.3 Å². The minimum absolute atomic E-state index is 0.209. The topological polar surface area (TPSA) is 26.0 Å². The van der Waals surface area contributed by atoms with Crippen molar-refractivity contribution >= 4 is 27.5 Å². The highest BCUT2D eigenvalue weighted by Crippen LogP contribution is 2.44. The summed E-state index contributed by atoms with van der Waals surface area (Å²) in [5, 5.41) is 0.815. The molecule has 0 saturated heterocycles. The highest BCUT2D eigenvalue weighted by atomic mass is 79.9. The predicted molar refractivity (Wildman–Crippen MR) is 82.0 cm³/mol. The summed E-state index contributed by atoms with van der Waals surface area (Å²) in [6, 6.07) is 6.27. The van der Waals surface area contributed by atoms with E-state index >= 15 is 0 Å². The maximum Gasteiger partial charge on any atom is 0.0449 e. The average molecular weight is 331 g/mol. The molecule has 0 aromatic heterocycles. The van der Waals surface area contributed by atoms with Crippen LogP contribution in [0.5, 0.6) is 0 Å². The van der Waals surface area contributed by atoms with Crippen LogP contribution in [-0.2, 0) is 6.42 Å². The lowest BCUT2D eigenvalue weighted by Crippen LogP contribution is -2.38. The Balaban J connectivity index is 2.09. The van der Waals surface area contributed by atoms with Crippen molar-refractivity contribution in [2.75, 3.05) is 0 Å². The molecule has 1 aromatic rings. The van der Waals surface area contributed by atoms with Crippen molar-refractivity contribution in [2.45, 2.75) is 45.6 Å². The Morgan fingerprint density at radius 1 is 1.50 bits per heavy atom. The predicted octanol–water partition coefficient (Wildman–Crippen LogP) is 4.80. The first kappa shape index (κ1) is 14.4. The molecule has 2 rings (SSSR count). The fraction of sp³-hybridized carbons (Fsp3) is 0.600. The third-order valence-corrected chi connectivity index (χ3v) is 5.17. The Labute approximate surface area is 123 Å². The Bertz CT molecular complexity index is 431. The molecule has 0 aliphatic heterocycles. The van der Waals surface area contributed by atoms with Crippen LogP contribution in [0.2, 0.25) is 5.02 Å². The van der Waals surface area contributed by atoms with Crippen LogP contribution in [0, 0.1) is 11.3 Å². The van der Waals surface area contributed by atoms with Gasteiger partial charge in [-0.1, -0.05) is 53.9 Å². The van der Waals surface area contributed by atoms with Crippen molar-refractivity contribution < 1.29 is 0 Å². The summed E-state index contributed by atoms with van der Waals surface area (Å²) in [6.45, 7) is 4.68. The molecule has 2 atom stereocenters. The van der Waals surface area contributed by atoms with Gasteiger partial charge >= 0.3 is 0 Å². The van der Waals surface area contributed by atoms with E-state index in [2.05, 4.69) is 35.8 Å². The SMILES string of the molecule is CC1(C)CCCC1C(N)Cc1ccc(Br)cc1Cl. The smallest absolute Gasteiger partial charge is 0.0449 e. The summed E-state index contributed by atoms with van der Waals surface area (Å²) in [5.41, 5.74) is 7.96. The number of benzene rings is 1. The van der Waals surface area contributed by atoms with Crippen molar-refractivity contribution in [1.82, 2.24) is 0 Å². The second-order valence-corrected chi connectivity index (χ2v) is 7.41. The molecule has 2 unspecified atom stereocenters. The van der Waals surface area contributed by atoms with Crippen molar-refractivity contribution in [3.05, 3.63) is 33.3 Å². The first-order chi connectivity index (χ1) is 8.40. The van der Waals surface area contributed by atoms with Crippen LogP contribution in [0.1, 0.15) is 38.7 Å². The van der Waals surface area contributed by atoms with Crippen LogP contribution < -0.4 is 5.73 Å². The zero-order chi connectivity index (χ0) is 13.3. The minimum atomic E-state index is 0.209. The van der Waals surface area contributed by atoms with E-state index in [0.717, 1.165) is 21.5 Å². The summed E-state index contributed by atoms with van der Waals surface area (Å²) in [6.07, 6.45) is 4.72. The molecule has 1 nitrogen and oxygen atoms in total. The maximum absolute atomic E-state index is 6.42. The molecule has 2 N–H and O–H groups in total. The van der Waals surface area contributed by atoms with Gasteiger partial charge in [0.2, 0.25) is 0 Å². The fourth-order valence-corrected chi connectivity index (χ4v) is 3.98. The van der Waals surface area contributed by atoms with Gasteiger partial charge in [0, 0.05) is 15.5 Å². The van der Waals surface area contributed by atoms with E-state index in [9.17, 15) is 0 Å². The molecule has 1 aliphatic carbocycles. The molecule has 0 spiro atoms. The first-order valence-electron chi connectivity index (χ1n) is 6.59. The van der Waals surface area contributed by atoms with E-state index in [-0.39, 0.29) is 6.04 Å². The minimum Gasteiger partial charge on any atom is -0.327 e. The number of hydrogen-bond acceptors (Lipinski definition) is 1. The third kappa shape index (κ3) is 3.09. The average Bonchev–Trinajstić information content (AvgIpc) is 2.62. The van der Waals surface area contributed by atoms with E-state index < -0.39 is 0 Å². The monoisotopic (exact) mass is 329 g/mol. The van der Waals surface area contributed by atoms with Crippen molar-refractivity contribution in [1.29, 1.82) is 0 Å². The number of halogens is 2. The lowest BCUT2D eigenvalue weighted by molar-refractivity contribution is 0.220. The molecule has 18 heavy (non-hydrogen) atoms. The molecule has 1 aliphatic rings. The molecule has 1 saturated carbocycles. The van der Waals surface area contributed by atoms with Crippen molar-refractivity contribution in [3.8, 4) is 0 Å². The van der Waals surface area contributed by atoms with Gasteiger partial charge in [-0.25, -0.2) is 0 Å². The van der Waals surface area contributed by atoms with E-state index in [1.54, 1.807) is 0 Å². The van der Waals surface area contributed by atoms with Crippen LogP contribution in [0.25, 0.3) is 0 Å². The van der Waals surface area contributed by atoms with Gasteiger partial charge < -0.3 is 5.73 Å². The summed E-state index contributed by atoms with van der Waals surface area (Å²) < 4.78 is 1.02. The van der Waals surface area contributed by atoms with Crippen LogP contribution in [-0.4, -0.2) is 6.04 Å². The zero-order valence-corrected chi connectivity index (χ0v) is 13.4. The second kappa shape index (κ2) is 5.52. The summed E-state index contributed by atoms with van der Waals surface area (Å²) in [7, 11) is 0. The summed E-state index contributed by atoms with van der Waals surface area (Å²) >= 11 is 9.70. The molecule has 100 valence electrons. The molecule has 0 heterocycles. The Hall–Kier alpha value is -0.0500. The Morgan fingerprint density at radius 3 is 2.78 bits per heavy atom. The molecule has 0 radical (unpaired) electrons. The van der Waals surface area contributed by atoms with Gasteiger partial charge in [0.05, 0.1) is 0 Å². The van der Waals surface area contributed by atoms with Gasteiger partial charge in [-0.05, 0) is 48.3 Å². The van der Waals surface area contributed by atoms with Gasteiger partial charge in [0.1, 0.15) is 0 Å². The zero-order valence-electron chi connectivity index (χ0n) is 11.0. The van der Waals surface area contributed by atoms with Crippen LogP contribution in [0.15, 0.2) is 22.7 Å². The molecular weight excluding hydrogens is 310 g/mol. The number of rotatable bonds is 3. The van der Waals surface area contributed by atoms with Gasteiger partial charge in [0.15, 0.2) is 0 Å². The third-order valence-electron chi connectivity index (χ3n) is 4.33. The Kier molecular flexibility index (Phi) is 4.40. The quantitative estimate of drug-likeness (QED) is 0.846. The number of nitrogens with two attached hydrogens (primary N) is 1. The van der Waals surface area contributed by atoms with Gasteiger partial charge in [-0.15, -0.1) is 0 Å². The first-order valence-corrected chi connectivity index (χ1v) is 7.77. The normalized spacial score (nSPS) is 24.2. The second-order valence-electron chi connectivity index (χ2n) is 6.09. The van der Waals surface area contributed by atoms with E-state index in [1.807, 2.05) is 12.1 Å². The lowest BCUT2D eigenvalue weighted by Gasteiger charge is -2.32. The standard InChI is InChI=1S/C15H21BrClN/c1-15(2)7-3-4-12(15)14(18)8-10-5-6-11(16)9-13(10)17/h5-6,9,12,14H,3-4,7-8,18H2,1-2H3. The van der Waals surface area contributed by atoms with E-state index in [1.165, 1.54) is 19.3 Å². The van der Waals surface area contributed by atoms with Crippen LogP contribution in [0.4, 0.5) is 0 Å². The van der Waals surface area contributed by atoms with Crippen LogP contribution in [0.3, 0.4) is 0 Å². The Morgan fingerprint density at radius 2 is 2.22 bits per heavy atom. The highest BCUT2D eigenvalue weighted by molar-refractivity contribution is 9.10. The summed E-state index contributed by atoms with van der Waals surface area (Å²) in [5.74, 6) is 0.609. The molecule has 0 bridgehead atoms. The summed E-state index contributed by atoms with van der Waals surface area (Å²) in [4.78, 5) is 0. The van der Waals surface area contributed by atoms with Crippen LogP contribution >= 0.6 is 27.5 Å². The largest absolute Gasteiger partial charge is 0.327 e. The molecule has 3 heteroatoms. The van der Waals surface area contributed by atoms with Crippen molar-refractivity contribution in [3.63, 3.8) is 0 Å². The lowest BCUT2D eigenvalue weighted by atomic mass is 9.76. The molecule has 1 fully saturated rings. The maximum atomic E-state index is 6.42. The molecule has 1 aromatic carbocycles. The van der Waals surface area contributed by atoms with E-state index in [0.29, 0.717) is 11.3 Å².